The smallest absolute Gasteiger partial charge is 0.369 e. The normalized spacial score (nSPS) is 18.6. The van der Waals surface area contributed by atoms with Gasteiger partial charge in [-0.1, -0.05) is 84.9 Å². The van der Waals surface area contributed by atoms with E-state index < -0.39 is 54.2 Å². The molecule has 3 aromatic carbocycles. The number of hydrogen-bond donors (Lipinski definition) is 1. The molecule has 8 nitrogen and oxygen atoms in total. The van der Waals surface area contributed by atoms with Crippen molar-refractivity contribution in [3.8, 4) is 0 Å². The lowest BCUT2D eigenvalue weighted by molar-refractivity contribution is -0.149. The lowest BCUT2D eigenvalue weighted by atomic mass is 9.87. The van der Waals surface area contributed by atoms with Crippen LogP contribution >= 0.6 is 0 Å². The first-order valence-corrected chi connectivity index (χ1v) is 15.3. The van der Waals surface area contributed by atoms with Crippen LogP contribution in [0.1, 0.15) is 48.3 Å². The van der Waals surface area contributed by atoms with Gasteiger partial charge in [0.05, 0.1) is 23.9 Å². The van der Waals surface area contributed by atoms with Gasteiger partial charge < -0.3 is 10.6 Å². The molecule has 1 aromatic heterocycles. The number of hydrogen-bond acceptors (Lipinski definition) is 5. The molecule has 240 valence electrons. The van der Waals surface area contributed by atoms with Crippen LogP contribution in [0.5, 0.6) is 0 Å². The van der Waals surface area contributed by atoms with Crippen molar-refractivity contribution >= 4 is 34.9 Å². The summed E-state index contributed by atoms with van der Waals surface area (Å²) in [6.45, 7) is -0.106. The van der Waals surface area contributed by atoms with Crippen molar-refractivity contribution in [1.82, 2.24) is 9.88 Å². The Morgan fingerprint density at radius 1 is 0.872 bits per heavy atom. The number of carbonyl (C=O) groups is 3. The Labute approximate surface area is 269 Å². The maximum absolute atomic E-state index is 14.5. The molecule has 0 aliphatic carbocycles. The molecule has 3 atom stereocenters. The molecular formula is C36H32F3N5O3. The summed E-state index contributed by atoms with van der Waals surface area (Å²) in [6, 6.07) is 30.2. The molecule has 11 heteroatoms. The monoisotopic (exact) mass is 639 g/mol. The number of halogens is 3. The zero-order chi connectivity index (χ0) is 33.2. The van der Waals surface area contributed by atoms with Gasteiger partial charge in [0.15, 0.2) is 0 Å². The number of rotatable bonds is 10. The van der Waals surface area contributed by atoms with Gasteiger partial charge in [-0.2, -0.15) is 13.2 Å². The number of aliphatic imine (C=N–C) groups is 1. The molecular weight excluding hydrogens is 607 g/mol. The Morgan fingerprint density at radius 3 is 2.19 bits per heavy atom. The van der Waals surface area contributed by atoms with Crippen molar-refractivity contribution in [3.63, 3.8) is 0 Å². The van der Waals surface area contributed by atoms with E-state index in [-0.39, 0.29) is 19.4 Å². The van der Waals surface area contributed by atoms with Gasteiger partial charge in [-0.25, -0.2) is 9.98 Å². The fourth-order valence-corrected chi connectivity index (χ4v) is 6.26. The molecule has 3 heterocycles. The van der Waals surface area contributed by atoms with Gasteiger partial charge in [0, 0.05) is 30.2 Å². The Bertz CT molecular complexity index is 1800. The maximum atomic E-state index is 14.5. The quantitative estimate of drug-likeness (QED) is 0.210. The number of carbonyl (C=O) groups excluding carboxylic acids is 3. The fraction of sp³-hybridized carbons (Fsp3) is 0.250. The molecule has 47 heavy (non-hydrogen) atoms. The summed E-state index contributed by atoms with van der Waals surface area (Å²) in [4.78, 5) is 52.6. The first-order chi connectivity index (χ1) is 22.6. The molecule has 1 spiro atoms. The molecule has 3 amide bonds. The highest BCUT2D eigenvalue weighted by molar-refractivity contribution is 6.23. The SMILES string of the molecule is NC(=O)[C@H](CC[C@H](CC(=O)N1CC12N=C(c1ccccc1)c1ccccc1N(c1ccccn1)C2=O)CC(F)(F)F)c1ccccc1. The zero-order valence-corrected chi connectivity index (χ0v) is 25.3. The second kappa shape index (κ2) is 12.8. The minimum absolute atomic E-state index is 0.0382. The first kappa shape index (κ1) is 31.7. The number of alkyl halides is 3. The van der Waals surface area contributed by atoms with E-state index in [0.717, 1.165) is 0 Å². The number of nitrogens with two attached hydrogens (primary N) is 1. The topological polar surface area (TPSA) is 109 Å². The number of aromatic nitrogens is 1. The van der Waals surface area contributed by atoms with Crippen LogP contribution in [0.3, 0.4) is 0 Å². The van der Waals surface area contributed by atoms with Crippen LogP contribution in [-0.2, 0) is 14.4 Å². The molecule has 2 aliphatic heterocycles. The van der Waals surface area contributed by atoms with Crippen molar-refractivity contribution in [2.75, 3.05) is 11.4 Å². The second-order valence-corrected chi connectivity index (χ2v) is 11.8. The van der Waals surface area contributed by atoms with E-state index in [9.17, 15) is 27.6 Å². The summed E-state index contributed by atoms with van der Waals surface area (Å²) in [5, 5.41) is 0. The number of primary amides is 1. The third-order valence-corrected chi connectivity index (χ3v) is 8.58. The van der Waals surface area contributed by atoms with Gasteiger partial charge in [-0.3, -0.25) is 19.3 Å². The number of pyridine rings is 1. The highest BCUT2D eigenvalue weighted by Gasteiger charge is 2.64. The Hall–Kier alpha value is -5.32. The fourth-order valence-electron chi connectivity index (χ4n) is 6.26. The van der Waals surface area contributed by atoms with E-state index in [1.165, 1.54) is 9.80 Å². The molecule has 1 unspecified atom stereocenters. The van der Waals surface area contributed by atoms with Crippen LogP contribution in [0.25, 0.3) is 0 Å². The van der Waals surface area contributed by atoms with Crippen LogP contribution < -0.4 is 10.6 Å². The number of nitrogens with zero attached hydrogens (tertiary/aromatic N) is 4. The zero-order valence-electron chi connectivity index (χ0n) is 25.3. The second-order valence-electron chi connectivity index (χ2n) is 11.8. The van der Waals surface area contributed by atoms with E-state index in [0.29, 0.717) is 33.9 Å². The van der Waals surface area contributed by atoms with Crippen LogP contribution in [0.2, 0.25) is 0 Å². The predicted molar refractivity (Wildman–Crippen MR) is 171 cm³/mol. The van der Waals surface area contributed by atoms with Gasteiger partial charge >= 0.3 is 6.18 Å². The average Bonchev–Trinajstić information content (AvgIpc) is 3.82. The summed E-state index contributed by atoms with van der Waals surface area (Å²) in [5.41, 5.74) is 6.89. The van der Waals surface area contributed by atoms with Crippen molar-refractivity contribution in [3.05, 3.63) is 126 Å². The van der Waals surface area contributed by atoms with Gasteiger partial charge in [0.25, 0.3) is 5.91 Å². The van der Waals surface area contributed by atoms with E-state index in [2.05, 4.69) is 4.98 Å². The van der Waals surface area contributed by atoms with Crippen molar-refractivity contribution in [2.24, 2.45) is 16.6 Å². The number of anilines is 2. The molecule has 0 bridgehead atoms. The summed E-state index contributed by atoms with van der Waals surface area (Å²) in [7, 11) is 0. The van der Waals surface area contributed by atoms with E-state index in [4.69, 9.17) is 10.7 Å². The molecule has 6 rings (SSSR count). The van der Waals surface area contributed by atoms with Crippen molar-refractivity contribution < 1.29 is 27.6 Å². The van der Waals surface area contributed by atoms with Crippen LogP contribution in [0.15, 0.2) is 114 Å². The van der Waals surface area contributed by atoms with E-state index in [1.807, 2.05) is 42.5 Å². The van der Waals surface area contributed by atoms with Gasteiger partial charge in [-0.15, -0.1) is 0 Å². The summed E-state index contributed by atoms with van der Waals surface area (Å²) >= 11 is 0. The summed E-state index contributed by atoms with van der Waals surface area (Å²) < 4.78 is 41.3. The van der Waals surface area contributed by atoms with Crippen molar-refractivity contribution in [1.29, 1.82) is 0 Å². The molecule has 1 fully saturated rings. The third-order valence-electron chi connectivity index (χ3n) is 8.58. The van der Waals surface area contributed by atoms with Crippen molar-refractivity contribution in [2.45, 2.75) is 43.4 Å². The highest BCUT2D eigenvalue weighted by atomic mass is 19.4. The van der Waals surface area contributed by atoms with Crippen LogP contribution in [0.4, 0.5) is 24.7 Å². The third kappa shape index (κ3) is 6.65. The summed E-state index contributed by atoms with van der Waals surface area (Å²) in [5.74, 6) is -3.45. The Kier molecular flexibility index (Phi) is 8.63. The lowest BCUT2D eigenvalue weighted by Crippen LogP contribution is -2.41. The predicted octanol–water partition coefficient (Wildman–Crippen LogP) is 6.14. The minimum Gasteiger partial charge on any atom is -0.369 e. The summed E-state index contributed by atoms with van der Waals surface area (Å²) in [6.07, 6.45) is -4.75. The number of benzene rings is 3. The minimum atomic E-state index is -4.55. The lowest BCUT2D eigenvalue weighted by Gasteiger charge is -2.25. The highest BCUT2D eigenvalue weighted by Crippen LogP contribution is 2.45. The molecule has 0 saturated carbocycles. The van der Waals surface area contributed by atoms with Crippen LogP contribution in [-0.4, -0.2) is 51.7 Å². The maximum Gasteiger partial charge on any atom is 0.389 e. The van der Waals surface area contributed by atoms with E-state index in [1.54, 1.807) is 66.9 Å². The Morgan fingerprint density at radius 2 is 1.53 bits per heavy atom. The van der Waals surface area contributed by atoms with Gasteiger partial charge in [-0.05, 0) is 42.5 Å². The standard InChI is InChI=1S/C36H32F3N5O3/c37-36(38,39)22-24(18-19-27(33(40)46)25-11-3-1-4-12-25)21-31(45)43-23-35(43)34(47)44(30-17-9-10-20-41-30)29-16-8-7-15-28(29)32(42-35)26-13-5-2-6-14-26/h1-17,20,24,27H,18-19,21-23H2,(H2,40,46)/t24-,27-,35?,43?/m1/s1. The molecule has 0 radical (unpaired) electrons. The first-order valence-electron chi connectivity index (χ1n) is 15.3. The molecule has 4 aromatic rings. The largest absolute Gasteiger partial charge is 0.389 e. The number of para-hydroxylation sites is 1. The Balaban J connectivity index is 1.33. The number of fused-ring (bicyclic) bond motifs is 1. The van der Waals surface area contributed by atoms with E-state index >= 15 is 0 Å². The molecule has 2 aliphatic rings. The van der Waals surface area contributed by atoms with Gasteiger partial charge in [0.1, 0.15) is 5.82 Å². The number of amides is 3. The molecule has 2 N–H and O–H groups in total. The van der Waals surface area contributed by atoms with Crippen LogP contribution in [0, 0.1) is 5.92 Å². The van der Waals surface area contributed by atoms with Gasteiger partial charge in [0.2, 0.25) is 17.5 Å². The average molecular weight is 640 g/mol. The molecule has 1 saturated heterocycles.